The van der Waals surface area contributed by atoms with Crippen LogP contribution < -0.4 is 10.5 Å². The fourth-order valence-electron chi connectivity index (χ4n) is 1.57. The molecule has 1 unspecified atom stereocenters. The standard InChI is InChI=1S/C13H14FN3O/c1-8-4-3-5-10(6-8)9(2)18-13-16-7-11(14)12(15)17-13/h3-7,9H,1-2H3,(H2,15,16,17). The Bertz CT molecular complexity index is 560. The van der Waals surface area contributed by atoms with Crippen molar-refractivity contribution in [3.05, 3.63) is 47.4 Å². The molecule has 0 bridgehead atoms. The maximum Gasteiger partial charge on any atom is 0.319 e. The molecule has 0 fully saturated rings. The van der Waals surface area contributed by atoms with Gasteiger partial charge in [0, 0.05) is 0 Å². The van der Waals surface area contributed by atoms with Crippen LogP contribution in [0.1, 0.15) is 24.2 Å². The van der Waals surface area contributed by atoms with E-state index in [0.717, 1.165) is 17.3 Å². The van der Waals surface area contributed by atoms with E-state index in [-0.39, 0.29) is 17.9 Å². The van der Waals surface area contributed by atoms with E-state index in [1.54, 1.807) is 0 Å². The second-order valence-corrected chi connectivity index (χ2v) is 4.06. The maximum atomic E-state index is 12.9. The Balaban J connectivity index is 2.16. The van der Waals surface area contributed by atoms with E-state index in [2.05, 4.69) is 9.97 Å². The van der Waals surface area contributed by atoms with Gasteiger partial charge >= 0.3 is 6.01 Å². The fourth-order valence-corrected chi connectivity index (χ4v) is 1.57. The molecule has 0 aliphatic carbocycles. The van der Waals surface area contributed by atoms with Gasteiger partial charge in [0.25, 0.3) is 0 Å². The van der Waals surface area contributed by atoms with E-state index in [0.29, 0.717) is 0 Å². The van der Waals surface area contributed by atoms with E-state index in [1.165, 1.54) is 0 Å². The third-order valence-corrected chi connectivity index (χ3v) is 2.54. The molecule has 0 spiro atoms. The molecule has 0 radical (unpaired) electrons. The molecule has 0 saturated carbocycles. The molecule has 0 amide bonds. The number of ether oxygens (including phenoxy) is 1. The van der Waals surface area contributed by atoms with Gasteiger partial charge in [-0.25, -0.2) is 9.37 Å². The minimum Gasteiger partial charge on any atom is -0.456 e. The molecule has 94 valence electrons. The molecule has 5 heteroatoms. The second kappa shape index (κ2) is 5.00. The monoisotopic (exact) mass is 247 g/mol. The summed E-state index contributed by atoms with van der Waals surface area (Å²) in [5, 5.41) is 0. The molecule has 2 aromatic rings. The zero-order chi connectivity index (χ0) is 13.1. The summed E-state index contributed by atoms with van der Waals surface area (Å²) in [6, 6.07) is 7.98. The Labute approximate surface area is 105 Å². The van der Waals surface area contributed by atoms with Gasteiger partial charge < -0.3 is 10.5 Å². The number of anilines is 1. The quantitative estimate of drug-likeness (QED) is 0.905. The number of nitrogens with zero attached hydrogens (tertiary/aromatic N) is 2. The van der Waals surface area contributed by atoms with Crippen molar-refractivity contribution in [1.82, 2.24) is 9.97 Å². The van der Waals surface area contributed by atoms with Crippen LogP contribution in [-0.2, 0) is 0 Å². The van der Waals surface area contributed by atoms with Gasteiger partial charge in [0.15, 0.2) is 11.6 Å². The summed E-state index contributed by atoms with van der Waals surface area (Å²) in [6.45, 7) is 3.88. The Kier molecular flexibility index (Phi) is 3.41. The van der Waals surface area contributed by atoms with Crippen LogP contribution in [0.4, 0.5) is 10.2 Å². The van der Waals surface area contributed by atoms with Crippen LogP contribution in [0.15, 0.2) is 30.5 Å². The van der Waals surface area contributed by atoms with E-state index < -0.39 is 5.82 Å². The van der Waals surface area contributed by atoms with Gasteiger partial charge in [-0.1, -0.05) is 29.8 Å². The summed E-state index contributed by atoms with van der Waals surface area (Å²) < 4.78 is 18.4. The molecule has 2 rings (SSSR count). The van der Waals surface area contributed by atoms with Crippen molar-refractivity contribution in [1.29, 1.82) is 0 Å². The Morgan fingerprint density at radius 1 is 1.39 bits per heavy atom. The number of halogens is 1. The summed E-state index contributed by atoms with van der Waals surface area (Å²) in [5.41, 5.74) is 7.50. The second-order valence-electron chi connectivity index (χ2n) is 4.06. The van der Waals surface area contributed by atoms with E-state index >= 15 is 0 Å². The Morgan fingerprint density at radius 3 is 2.83 bits per heavy atom. The number of nitrogens with two attached hydrogens (primary N) is 1. The van der Waals surface area contributed by atoms with Gasteiger partial charge in [-0.3, -0.25) is 0 Å². The Hall–Kier alpha value is -2.17. The smallest absolute Gasteiger partial charge is 0.319 e. The van der Waals surface area contributed by atoms with Crippen molar-refractivity contribution < 1.29 is 9.13 Å². The predicted octanol–water partition coefficient (Wildman–Crippen LogP) is 2.65. The van der Waals surface area contributed by atoms with Crippen molar-refractivity contribution in [2.24, 2.45) is 0 Å². The lowest BCUT2D eigenvalue weighted by molar-refractivity contribution is 0.207. The van der Waals surface area contributed by atoms with Crippen molar-refractivity contribution in [2.45, 2.75) is 20.0 Å². The average Bonchev–Trinajstić information content (AvgIpc) is 2.34. The third-order valence-electron chi connectivity index (χ3n) is 2.54. The van der Waals surface area contributed by atoms with E-state index in [1.807, 2.05) is 38.1 Å². The minimum atomic E-state index is -0.648. The first-order chi connectivity index (χ1) is 8.56. The summed E-state index contributed by atoms with van der Waals surface area (Å²) in [7, 11) is 0. The molecular weight excluding hydrogens is 233 g/mol. The molecule has 0 saturated heterocycles. The number of aryl methyl sites for hydroxylation is 1. The van der Waals surface area contributed by atoms with Crippen LogP contribution in [0.25, 0.3) is 0 Å². The predicted molar refractivity (Wildman–Crippen MR) is 66.6 cm³/mol. The molecule has 1 aromatic carbocycles. The van der Waals surface area contributed by atoms with Gasteiger partial charge in [0.1, 0.15) is 6.10 Å². The van der Waals surface area contributed by atoms with Crippen molar-refractivity contribution in [3.63, 3.8) is 0 Å². The fraction of sp³-hybridized carbons (Fsp3) is 0.231. The first-order valence-corrected chi connectivity index (χ1v) is 5.57. The maximum absolute atomic E-state index is 12.9. The first kappa shape index (κ1) is 12.3. The molecule has 1 aromatic heterocycles. The van der Waals surface area contributed by atoms with Crippen LogP contribution >= 0.6 is 0 Å². The van der Waals surface area contributed by atoms with Crippen LogP contribution in [0.3, 0.4) is 0 Å². The lowest BCUT2D eigenvalue weighted by atomic mass is 10.1. The molecule has 1 heterocycles. The normalized spacial score (nSPS) is 12.2. The third kappa shape index (κ3) is 2.74. The van der Waals surface area contributed by atoms with Gasteiger partial charge in [0.2, 0.25) is 0 Å². The number of benzene rings is 1. The van der Waals surface area contributed by atoms with E-state index in [4.69, 9.17) is 10.5 Å². The largest absolute Gasteiger partial charge is 0.456 e. The Morgan fingerprint density at radius 2 is 2.17 bits per heavy atom. The number of hydrogen-bond acceptors (Lipinski definition) is 4. The van der Waals surface area contributed by atoms with Crippen LogP contribution in [0, 0.1) is 12.7 Å². The molecular formula is C13H14FN3O. The highest BCUT2D eigenvalue weighted by Crippen LogP contribution is 2.20. The zero-order valence-electron chi connectivity index (χ0n) is 10.2. The molecule has 2 N–H and O–H groups in total. The number of nitrogen functional groups attached to an aromatic ring is 1. The topological polar surface area (TPSA) is 61.0 Å². The summed E-state index contributed by atoms with van der Waals surface area (Å²) >= 11 is 0. The highest BCUT2D eigenvalue weighted by molar-refractivity contribution is 5.29. The summed E-state index contributed by atoms with van der Waals surface area (Å²) in [6.07, 6.45) is 0.774. The van der Waals surface area contributed by atoms with Crippen molar-refractivity contribution in [3.8, 4) is 6.01 Å². The van der Waals surface area contributed by atoms with Crippen LogP contribution in [0.5, 0.6) is 6.01 Å². The lowest BCUT2D eigenvalue weighted by Crippen LogP contribution is -2.07. The van der Waals surface area contributed by atoms with Gasteiger partial charge in [-0.15, -0.1) is 0 Å². The molecule has 1 atom stereocenters. The van der Waals surface area contributed by atoms with Crippen LogP contribution in [-0.4, -0.2) is 9.97 Å². The first-order valence-electron chi connectivity index (χ1n) is 5.57. The summed E-state index contributed by atoms with van der Waals surface area (Å²) in [5.74, 6) is -0.859. The molecule has 4 nitrogen and oxygen atoms in total. The van der Waals surface area contributed by atoms with Gasteiger partial charge in [-0.05, 0) is 19.4 Å². The van der Waals surface area contributed by atoms with Crippen molar-refractivity contribution in [2.75, 3.05) is 5.73 Å². The molecule has 0 aliphatic rings. The lowest BCUT2D eigenvalue weighted by Gasteiger charge is -2.14. The number of hydrogen-bond donors (Lipinski definition) is 1. The van der Waals surface area contributed by atoms with Crippen molar-refractivity contribution >= 4 is 5.82 Å². The summed E-state index contributed by atoms with van der Waals surface area (Å²) in [4.78, 5) is 7.47. The number of rotatable bonds is 3. The van der Waals surface area contributed by atoms with E-state index in [9.17, 15) is 4.39 Å². The average molecular weight is 247 g/mol. The molecule has 18 heavy (non-hydrogen) atoms. The minimum absolute atomic E-state index is 0.0721. The van der Waals surface area contributed by atoms with Gasteiger partial charge in [0.05, 0.1) is 6.20 Å². The zero-order valence-corrected chi connectivity index (χ0v) is 10.2. The number of aromatic nitrogens is 2. The highest BCUT2D eigenvalue weighted by atomic mass is 19.1. The molecule has 0 aliphatic heterocycles. The SMILES string of the molecule is Cc1cccc(C(C)Oc2ncc(F)c(N)n2)c1. The van der Waals surface area contributed by atoms with Gasteiger partial charge in [-0.2, -0.15) is 4.98 Å². The van der Waals surface area contributed by atoms with Crippen LogP contribution in [0.2, 0.25) is 0 Å². The highest BCUT2D eigenvalue weighted by Gasteiger charge is 2.10.